The van der Waals surface area contributed by atoms with Gasteiger partial charge in [0.15, 0.2) is 12.6 Å². The maximum absolute atomic E-state index is 10.5. The number of aliphatic hydroxyl groups excluding tert-OH is 2. The molecule has 0 bridgehead atoms. The number of rotatable bonds is 8. The molecule has 2 N–H and O–H groups in total. The molecule has 0 radical (unpaired) electrons. The van der Waals surface area contributed by atoms with Crippen molar-refractivity contribution in [3.63, 3.8) is 0 Å². The summed E-state index contributed by atoms with van der Waals surface area (Å²) in [4.78, 5) is 0. The molecule has 1 aliphatic carbocycles. The van der Waals surface area contributed by atoms with Crippen molar-refractivity contribution in [3.8, 4) is 0 Å². The summed E-state index contributed by atoms with van der Waals surface area (Å²) >= 11 is 0. The van der Waals surface area contributed by atoms with Gasteiger partial charge in [0, 0.05) is 19.4 Å². The molecule has 0 aromatic heterocycles. The van der Waals surface area contributed by atoms with Crippen LogP contribution in [0.4, 0.5) is 0 Å². The zero-order valence-corrected chi connectivity index (χ0v) is 16.6. The maximum Gasteiger partial charge on any atom is 0.157 e. The number of benzene rings is 1. The molecule has 4 rings (SSSR count). The van der Waals surface area contributed by atoms with E-state index in [0.717, 1.165) is 51.6 Å². The maximum atomic E-state index is 10.5. The molecule has 3 fully saturated rings. The van der Waals surface area contributed by atoms with Gasteiger partial charge in [0.2, 0.25) is 0 Å². The van der Waals surface area contributed by atoms with Gasteiger partial charge in [0.05, 0.1) is 18.3 Å². The smallest absolute Gasteiger partial charge is 0.157 e. The first-order valence-corrected chi connectivity index (χ1v) is 11.0. The van der Waals surface area contributed by atoms with Crippen LogP contribution in [-0.2, 0) is 20.6 Å². The summed E-state index contributed by atoms with van der Waals surface area (Å²) in [6.07, 6.45) is 7.37. The second-order valence-electron chi connectivity index (χ2n) is 8.65. The van der Waals surface area contributed by atoms with Crippen LogP contribution < -0.4 is 0 Å². The highest BCUT2D eigenvalue weighted by Crippen LogP contribution is 2.45. The van der Waals surface area contributed by atoms with Crippen LogP contribution in [0.2, 0.25) is 0 Å². The molecule has 1 saturated carbocycles. The van der Waals surface area contributed by atoms with Crippen LogP contribution in [0.1, 0.15) is 56.9 Å². The van der Waals surface area contributed by atoms with Crippen molar-refractivity contribution in [2.24, 2.45) is 11.8 Å². The fourth-order valence-corrected chi connectivity index (χ4v) is 5.19. The molecule has 3 aliphatic rings. The van der Waals surface area contributed by atoms with Gasteiger partial charge in [-0.25, -0.2) is 0 Å². The zero-order chi connectivity index (χ0) is 19.3. The Morgan fingerprint density at radius 2 is 1.93 bits per heavy atom. The molecule has 5 heteroatoms. The third kappa shape index (κ3) is 5.14. The van der Waals surface area contributed by atoms with Gasteiger partial charge in [-0.2, -0.15) is 0 Å². The summed E-state index contributed by atoms with van der Waals surface area (Å²) in [6.45, 7) is 0.788. The molecule has 156 valence electrons. The first-order valence-electron chi connectivity index (χ1n) is 11.0. The third-order valence-electron chi connectivity index (χ3n) is 6.70. The highest BCUT2D eigenvalue weighted by atomic mass is 16.7. The molecule has 5 nitrogen and oxygen atoms in total. The van der Waals surface area contributed by atoms with Gasteiger partial charge in [-0.1, -0.05) is 30.3 Å². The molecule has 7 atom stereocenters. The Kier molecular flexibility index (Phi) is 7.02. The Morgan fingerprint density at radius 1 is 1.07 bits per heavy atom. The van der Waals surface area contributed by atoms with E-state index in [0.29, 0.717) is 12.8 Å². The van der Waals surface area contributed by atoms with Gasteiger partial charge in [0.1, 0.15) is 0 Å². The van der Waals surface area contributed by atoms with Crippen molar-refractivity contribution in [1.29, 1.82) is 0 Å². The van der Waals surface area contributed by atoms with E-state index in [1.807, 2.05) is 6.07 Å². The van der Waals surface area contributed by atoms with Gasteiger partial charge in [-0.3, -0.25) is 0 Å². The zero-order valence-electron chi connectivity index (χ0n) is 16.6. The number of hydrogen-bond donors (Lipinski definition) is 2. The summed E-state index contributed by atoms with van der Waals surface area (Å²) in [5.41, 5.74) is 1.33. The third-order valence-corrected chi connectivity index (χ3v) is 6.70. The fraction of sp³-hybridized carbons (Fsp3) is 0.739. The Morgan fingerprint density at radius 3 is 2.71 bits per heavy atom. The van der Waals surface area contributed by atoms with E-state index in [9.17, 15) is 10.2 Å². The van der Waals surface area contributed by atoms with E-state index in [4.69, 9.17) is 14.2 Å². The van der Waals surface area contributed by atoms with Crippen LogP contribution in [-0.4, -0.2) is 47.7 Å². The molecule has 1 aromatic rings. The van der Waals surface area contributed by atoms with Crippen LogP contribution in [0.5, 0.6) is 0 Å². The average molecular weight is 391 g/mol. The van der Waals surface area contributed by atoms with Crippen molar-refractivity contribution in [1.82, 2.24) is 0 Å². The van der Waals surface area contributed by atoms with Gasteiger partial charge < -0.3 is 24.4 Å². The second kappa shape index (κ2) is 9.68. The van der Waals surface area contributed by atoms with Gasteiger partial charge >= 0.3 is 0 Å². The van der Waals surface area contributed by atoms with E-state index in [1.165, 1.54) is 5.56 Å². The number of ether oxygens (including phenoxy) is 3. The molecule has 0 spiro atoms. The molecule has 1 aromatic carbocycles. The molecule has 2 aliphatic heterocycles. The van der Waals surface area contributed by atoms with Crippen LogP contribution in [0.25, 0.3) is 0 Å². The lowest BCUT2D eigenvalue weighted by Gasteiger charge is -2.29. The topological polar surface area (TPSA) is 68.2 Å². The summed E-state index contributed by atoms with van der Waals surface area (Å²) in [7, 11) is 0. The fourth-order valence-electron chi connectivity index (χ4n) is 5.19. The average Bonchev–Trinajstić information content (AvgIpc) is 3.20. The normalized spacial score (nSPS) is 36.4. The lowest BCUT2D eigenvalue weighted by atomic mass is 9.86. The molecular weight excluding hydrogens is 356 g/mol. The van der Waals surface area contributed by atoms with E-state index in [1.54, 1.807) is 0 Å². The first kappa shape index (κ1) is 20.3. The molecular formula is C23H34O5. The number of fused-ring (bicyclic) bond motifs is 1. The van der Waals surface area contributed by atoms with Crippen molar-refractivity contribution < 1.29 is 24.4 Å². The van der Waals surface area contributed by atoms with Gasteiger partial charge in [-0.15, -0.1) is 0 Å². The number of aryl methyl sites for hydroxylation is 1. The van der Waals surface area contributed by atoms with E-state index < -0.39 is 6.29 Å². The highest BCUT2D eigenvalue weighted by molar-refractivity contribution is 5.14. The number of hydrogen-bond acceptors (Lipinski definition) is 5. The van der Waals surface area contributed by atoms with Gasteiger partial charge in [-0.05, 0) is 62.3 Å². The molecule has 0 amide bonds. The van der Waals surface area contributed by atoms with Crippen molar-refractivity contribution in [3.05, 3.63) is 35.9 Å². The predicted molar refractivity (Wildman–Crippen MR) is 106 cm³/mol. The van der Waals surface area contributed by atoms with E-state index in [2.05, 4.69) is 24.3 Å². The Bertz CT molecular complexity index is 588. The summed E-state index contributed by atoms with van der Waals surface area (Å²) in [5.74, 6) is 0.461. The van der Waals surface area contributed by atoms with Crippen LogP contribution in [0.15, 0.2) is 30.3 Å². The van der Waals surface area contributed by atoms with E-state index >= 15 is 0 Å². The monoisotopic (exact) mass is 390 g/mol. The number of aliphatic hydroxyl groups is 2. The summed E-state index contributed by atoms with van der Waals surface area (Å²) in [6, 6.07) is 10.5. The summed E-state index contributed by atoms with van der Waals surface area (Å²) in [5, 5.41) is 20.3. The van der Waals surface area contributed by atoms with Crippen molar-refractivity contribution in [2.75, 3.05) is 6.61 Å². The molecule has 2 saturated heterocycles. The Hall–Kier alpha value is -0.980. The Labute approximate surface area is 168 Å². The SMILES string of the molecule is OC1CC2[C@H](C[C@@H](O)[C@@H]2CC[C@H](CCc2ccccc2)OC2CCCCO2)O1. The standard InChI is InChI=1S/C23H34O5/c24-20-15-21-19(14-22(25)28-21)18(20)12-11-17(27-23-8-4-5-13-26-23)10-9-16-6-2-1-3-7-16/h1-3,6-7,17-25H,4-5,8-15H2/t17-,18+,19?,20+,21-,22?,23?/m0/s1. The Balaban J connectivity index is 1.33. The van der Waals surface area contributed by atoms with Crippen molar-refractivity contribution >= 4 is 0 Å². The summed E-state index contributed by atoms with van der Waals surface area (Å²) < 4.78 is 17.7. The van der Waals surface area contributed by atoms with E-state index in [-0.39, 0.29) is 36.4 Å². The quantitative estimate of drug-likeness (QED) is 0.712. The van der Waals surface area contributed by atoms with Crippen LogP contribution >= 0.6 is 0 Å². The molecule has 2 heterocycles. The predicted octanol–water partition coefficient (Wildman–Crippen LogP) is 3.42. The minimum absolute atomic E-state index is 0.0142. The minimum Gasteiger partial charge on any atom is -0.393 e. The van der Waals surface area contributed by atoms with Crippen molar-refractivity contribution in [2.45, 2.75) is 88.7 Å². The molecule has 28 heavy (non-hydrogen) atoms. The highest BCUT2D eigenvalue weighted by Gasteiger charge is 2.48. The molecule has 3 unspecified atom stereocenters. The van der Waals surface area contributed by atoms with Crippen LogP contribution in [0, 0.1) is 11.8 Å². The van der Waals surface area contributed by atoms with Crippen LogP contribution in [0.3, 0.4) is 0 Å². The largest absolute Gasteiger partial charge is 0.393 e. The minimum atomic E-state index is -0.661. The first-order chi connectivity index (χ1) is 13.7. The lowest BCUT2D eigenvalue weighted by molar-refractivity contribution is -0.191. The van der Waals surface area contributed by atoms with Gasteiger partial charge in [0.25, 0.3) is 0 Å². The lowest BCUT2D eigenvalue weighted by Crippen LogP contribution is -2.30. The second-order valence-corrected chi connectivity index (χ2v) is 8.65.